The molecule has 0 aliphatic rings. The fraction of sp³-hybridized carbons (Fsp3) is 0.278. The van der Waals surface area contributed by atoms with E-state index in [-0.39, 0.29) is 23.6 Å². The van der Waals surface area contributed by atoms with Crippen molar-refractivity contribution in [3.05, 3.63) is 64.4 Å². The molecule has 0 aliphatic heterocycles. The van der Waals surface area contributed by atoms with E-state index in [2.05, 4.69) is 11.9 Å². The summed E-state index contributed by atoms with van der Waals surface area (Å²) in [6.45, 7) is 4.05. The van der Waals surface area contributed by atoms with Crippen molar-refractivity contribution in [1.82, 2.24) is 9.88 Å². The monoisotopic (exact) mass is 345 g/mol. The van der Waals surface area contributed by atoms with Gasteiger partial charge in [-0.15, -0.1) is 0 Å². The van der Waals surface area contributed by atoms with Crippen molar-refractivity contribution >= 4 is 23.4 Å². The summed E-state index contributed by atoms with van der Waals surface area (Å²) >= 11 is 5.92. The Morgan fingerprint density at radius 2 is 1.75 bits per heavy atom. The molecule has 0 bridgehead atoms. The van der Waals surface area contributed by atoms with Gasteiger partial charge in [-0.3, -0.25) is 14.6 Å². The van der Waals surface area contributed by atoms with E-state index in [0.29, 0.717) is 10.6 Å². The van der Waals surface area contributed by atoms with Gasteiger partial charge in [-0.2, -0.15) is 0 Å². The van der Waals surface area contributed by atoms with Gasteiger partial charge in [0.2, 0.25) is 0 Å². The minimum absolute atomic E-state index is 0.0329. The predicted octanol–water partition coefficient (Wildman–Crippen LogP) is 3.10. The second-order valence-corrected chi connectivity index (χ2v) is 6.23. The molecular formula is C18H20ClN3O2. The zero-order valence-corrected chi connectivity index (χ0v) is 14.6. The SMILES string of the molecule is C[C@@H](c1ccc(Cl)cc1)[C@H](C)N(C)C(=O)c1ccc(C(N)=O)nc1. The van der Waals surface area contributed by atoms with Crippen molar-refractivity contribution in [2.45, 2.75) is 25.8 Å². The first-order chi connectivity index (χ1) is 11.3. The summed E-state index contributed by atoms with van der Waals surface area (Å²) in [7, 11) is 1.75. The second kappa shape index (κ2) is 7.45. The summed E-state index contributed by atoms with van der Waals surface area (Å²) in [5, 5.41) is 0.684. The Labute approximate surface area is 146 Å². The zero-order chi connectivity index (χ0) is 17.9. The van der Waals surface area contributed by atoms with Crippen molar-refractivity contribution in [3.63, 3.8) is 0 Å². The maximum absolute atomic E-state index is 12.6. The third-order valence-electron chi connectivity index (χ3n) is 4.31. The Morgan fingerprint density at radius 1 is 1.12 bits per heavy atom. The van der Waals surface area contributed by atoms with Crippen LogP contribution in [0, 0.1) is 0 Å². The van der Waals surface area contributed by atoms with E-state index in [1.54, 1.807) is 18.0 Å². The molecule has 2 N–H and O–H groups in total. The van der Waals surface area contributed by atoms with Crippen LogP contribution >= 0.6 is 11.6 Å². The Morgan fingerprint density at radius 3 is 2.25 bits per heavy atom. The summed E-state index contributed by atoms with van der Waals surface area (Å²) < 4.78 is 0. The smallest absolute Gasteiger partial charge is 0.267 e. The molecule has 5 nitrogen and oxygen atoms in total. The quantitative estimate of drug-likeness (QED) is 0.904. The molecule has 6 heteroatoms. The Hall–Kier alpha value is -2.40. The number of carbonyl (C=O) groups is 2. The minimum atomic E-state index is -0.618. The number of halogens is 1. The number of hydrogen-bond acceptors (Lipinski definition) is 3. The highest BCUT2D eigenvalue weighted by atomic mass is 35.5. The third-order valence-corrected chi connectivity index (χ3v) is 4.57. The van der Waals surface area contributed by atoms with Crippen LogP contribution in [0.1, 0.15) is 46.2 Å². The van der Waals surface area contributed by atoms with Gasteiger partial charge in [-0.1, -0.05) is 30.7 Å². The molecule has 2 rings (SSSR count). The number of pyridine rings is 1. The lowest BCUT2D eigenvalue weighted by Gasteiger charge is -2.30. The third kappa shape index (κ3) is 3.92. The first-order valence-electron chi connectivity index (χ1n) is 7.59. The molecule has 0 saturated heterocycles. The fourth-order valence-electron chi connectivity index (χ4n) is 2.43. The van der Waals surface area contributed by atoms with E-state index >= 15 is 0 Å². The molecule has 0 fully saturated rings. The van der Waals surface area contributed by atoms with Gasteiger partial charge in [0.15, 0.2) is 0 Å². The highest BCUT2D eigenvalue weighted by Gasteiger charge is 2.23. The summed E-state index contributed by atoms with van der Waals surface area (Å²) in [6, 6.07) is 10.6. The highest BCUT2D eigenvalue weighted by molar-refractivity contribution is 6.30. The number of nitrogens with zero attached hydrogens (tertiary/aromatic N) is 2. The van der Waals surface area contributed by atoms with E-state index in [0.717, 1.165) is 5.56 Å². The maximum Gasteiger partial charge on any atom is 0.267 e. The van der Waals surface area contributed by atoms with Crippen LogP contribution in [0.2, 0.25) is 5.02 Å². The lowest BCUT2D eigenvalue weighted by molar-refractivity contribution is 0.0725. The normalized spacial score (nSPS) is 13.2. The fourth-order valence-corrected chi connectivity index (χ4v) is 2.56. The molecule has 2 atom stereocenters. The number of nitrogens with two attached hydrogens (primary N) is 1. The summed E-state index contributed by atoms with van der Waals surface area (Å²) in [4.78, 5) is 29.2. The average molecular weight is 346 g/mol. The molecule has 1 aromatic carbocycles. The van der Waals surface area contributed by atoms with Crippen LogP contribution in [0.4, 0.5) is 0 Å². The van der Waals surface area contributed by atoms with Crippen LogP contribution in [-0.2, 0) is 0 Å². The molecule has 24 heavy (non-hydrogen) atoms. The number of rotatable bonds is 5. The van der Waals surface area contributed by atoms with E-state index in [1.807, 2.05) is 31.2 Å². The van der Waals surface area contributed by atoms with Gasteiger partial charge >= 0.3 is 0 Å². The first kappa shape index (κ1) is 17.9. The van der Waals surface area contributed by atoms with E-state index in [1.165, 1.54) is 12.3 Å². The summed E-state index contributed by atoms with van der Waals surface area (Å²) in [6.07, 6.45) is 1.37. The summed E-state index contributed by atoms with van der Waals surface area (Å²) in [5.74, 6) is -0.645. The lowest BCUT2D eigenvalue weighted by Crippen LogP contribution is -2.38. The molecular weight excluding hydrogens is 326 g/mol. The average Bonchev–Trinajstić information content (AvgIpc) is 2.60. The molecule has 2 aromatic rings. The Bertz CT molecular complexity index is 729. The van der Waals surface area contributed by atoms with Crippen LogP contribution in [0.5, 0.6) is 0 Å². The molecule has 2 amide bonds. The van der Waals surface area contributed by atoms with Gasteiger partial charge in [0.1, 0.15) is 5.69 Å². The number of hydrogen-bond donors (Lipinski definition) is 1. The van der Waals surface area contributed by atoms with Gasteiger partial charge < -0.3 is 10.6 Å². The van der Waals surface area contributed by atoms with Gasteiger partial charge in [0, 0.05) is 30.2 Å². The first-order valence-corrected chi connectivity index (χ1v) is 7.97. The molecule has 0 aliphatic carbocycles. The van der Waals surface area contributed by atoms with Gasteiger partial charge in [0.25, 0.3) is 11.8 Å². The molecule has 0 saturated carbocycles. The number of benzene rings is 1. The second-order valence-electron chi connectivity index (χ2n) is 5.79. The van der Waals surface area contributed by atoms with Crippen molar-refractivity contribution in [1.29, 1.82) is 0 Å². The van der Waals surface area contributed by atoms with E-state index in [4.69, 9.17) is 17.3 Å². The molecule has 0 spiro atoms. The molecule has 126 valence electrons. The van der Waals surface area contributed by atoms with Crippen molar-refractivity contribution < 1.29 is 9.59 Å². The van der Waals surface area contributed by atoms with Crippen LogP contribution < -0.4 is 5.73 Å². The maximum atomic E-state index is 12.6. The number of likely N-dealkylation sites (N-methyl/N-ethyl adjacent to an activating group) is 1. The van der Waals surface area contributed by atoms with Crippen LogP contribution in [-0.4, -0.2) is 34.8 Å². The number of primary amides is 1. The largest absolute Gasteiger partial charge is 0.364 e. The van der Waals surface area contributed by atoms with E-state index < -0.39 is 5.91 Å². The Kier molecular flexibility index (Phi) is 5.57. The molecule has 0 unspecified atom stereocenters. The van der Waals surface area contributed by atoms with Crippen molar-refractivity contribution in [3.8, 4) is 0 Å². The molecule has 0 radical (unpaired) electrons. The zero-order valence-electron chi connectivity index (χ0n) is 13.9. The topological polar surface area (TPSA) is 76.3 Å². The van der Waals surface area contributed by atoms with Crippen LogP contribution in [0.15, 0.2) is 42.6 Å². The molecule has 1 heterocycles. The highest BCUT2D eigenvalue weighted by Crippen LogP contribution is 2.24. The van der Waals surface area contributed by atoms with Crippen LogP contribution in [0.3, 0.4) is 0 Å². The Balaban J connectivity index is 2.13. The number of amides is 2. The van der Waals surface area contributed by atoms with Gasteiger partial charge in [0.05, 0.1) is 5.56 Å². The van der Waals surface area contributed by atoms with Crippen LogP contribution in [0.25, 0.3) is 0 Å². The molecule has 1 aromatic heterocycles. The summed E-state index contributed by atoms with van der Waals surface area (Å²) in [5.41, 5.74) is 6.81. The van der Waals surface area contributed by atoms with Gasteiger partial charge in [-0.25, -0.2) is 0 Å². The number of aromatic nitrogens is 1. The number of carbonyl (C=O) groups excluding carboxylic acids is 2. The minimum Gasteiger partial charge on any atom is -0.364 e. The van der Waals surface area contributed by atoms with Gasteiger partial charge in [-0.05, 0) is 36.8 Å². The van der Waals surface area contributed by atoms with Crippen molar-refractivity contribution in [2.75, 3.05) is 7.05 Å². The van der Waals surface area contributed by atoms with Crippen molar-refractivity contribution in [2.24, 2.45) is 5.73 Å². The van der Waals surface area contributed by atoms with E-state index in [9.17, 15) is 9.59 Å². The lowest BCUT2D eigenvalue weighted by atomic mass is 9.93. The predicted molar refractivity (Wildman–Crippen MR) is 94.2 cm³/mol. The standard InChI is InChI=1S/C18H20ClN3O2/c1-11(13-4-7-15(19)8-5-13)12(2)22(3)18(24)14-6-9-16(17(20)23)21-10-14/h4-12H,1-3H3,(H2,20,23)/t11-,12+/m1/s1.